The van der Waals surface area contributed by atoms with Crippen LogP contribution in [0.5, 0.6) is 17.2 Å². The van der Waals surface area contributed by atoms with Crippen LogP contribution in [0.25, 0.3) is 11.3 Å². The average molecular weight is 410 g/mol. The predicted molar refractivity (Wildman–Crippen MR) is 117 cm³/mol. The van der Waals surface area contributed by atoms with Crippen LogP contribution in [-0.2, 0) is 0 Å². The molecule has 3 aromatic rings. The number of para-hydroxylation sites is 1. The number of aromatic hydroxyl groups is 2. The fraction of sp³-hybridized carbons (Fsp3) is 0.182. The molecule has 150 valence electrons. The Kier molecular flexibility index (Phi) is 6.19. The van der Waals surface area contributed by atoms with Crippen molar-refractivity contribution >= 4 is 17.0 Å². The van der Waals surface area contributed by atoms with Gasteiger partial charge >= 0.3 is 0 Å². The summed E-state index contributed by atoms with van der Waals surface area (Å²) in [6, 6.07) is 12.1. The van der Waals surface area contributed by atoms with Gasteiger partial charge in [-0.1, -0.05) is 24.3 Å². The maximum Gasteiger partial charge on any atom is 0.206 e. The Morgan fingerprint density at radius 2 is 1.93 bits per heavy atom. The first-order valence-electron chi connectivity index (χ1n) is 8.97. The fourth-order valence-electron chi connectivity index (χ4n) is 2.78. The molecule has 0 aliphatic heterocycles. The van der Waals surface area contributed by atoms with Crippen molar-refractivity contribution in [1.82, 2.24) is 4.68 Å². The molecular weight excluding hydrogens is 386 g/mol. The van der Waals surface area contributed by atoms with Gasteiger partial charge in [-0.25, -0.2) is 4.68 Å². The van der Waals surface area contributed by atoms with Crippen LogP contribution in [0.2, 0.25) is 0 Å². The molecule has 2 aromatic carbocycles. The Hall–Kier alpha value is -3.32. The van der Waals surface area contributed by atoms with Crippen molar-refractivity contribution < 1.29 is 14.9 Å². The highest BCUT2D eigenvalue weighted by Gasteiger charge is 2.14. The molecule has 29 heavy (non-hydrogen) atoms. The summed E-state index contributed by atoms with van der Waals surface area (Å²) in [5, 5.41) is 26.5. The molecule has 1 heterocycles. The number of aromatic nitrogens is 1. The molecule has 0 aliphatic carbocycles. The second kappa shape index (κ2) is 8.79. The Balaban J connectivity index is 2.20. The second-order valence-corrected chi connectivity index (χ2v) is 7.41. The van der Waals surface area contributed by atoms with E-state index < -0.39 is 0 Å². The molecule has 0 radical (unpaired) electrons. The predicted octanol–water partition coefficient (Wildman–Crippen LogP) is 4.39. The van der Waals surface area contributed by atoms with E-state index in [0.717, 1.165) is 22.6 Å². The van der Waals surface area contributed by atoms with Crippen LogP contribution in [0.1, 0.15) is 19.4 Å². The number of nitrogens with zero attached hydrogens (tertiary/aromatic N) is 3. The molecule has 2 N–H and O–H groups in total. The molecule has 6 nitrogen and oxygen atoms in total. The van der Waals surface area contributed by atoms with Crippen LogP contribution in [0.3, 0.4) is 0 Å². The minimum atomic E-state index is -0.0404. The van der Waals surface area contributed by atoms with Crippen LogP contribution in [-0.4, -0.2) is 34.3 Å². The molecule has 0 unspecified atom stereocenters. The molecular formula is C22H23N3O3S. The van der Waals surface area contributed by atoms with Crippen LogP contribution >= 0.6 is 11.3 Å². The zero-order chi connectivity index (χ0) is 21.0. The van der Waals surface area contributed by atoms with Gasteiger partial charge < -0.3 is 14.9 Å². The summed E-state index contributed by atoms with van der Waals surface area (Å²) in [7, 11) is 1.63. The summed E-state index contributed by atoms with van der Waals surface area (Å²) in [6.45, 7) is 8.12. The van der Waals surface area contributed by atoms with Gasteiger partial charge in [0.15, 0.2) is 0 Å². The number of methoxy groups -OCH3 is 1. The van der Waals surface area contributed by atoms with Gasteiger partial charge in [0.2, 0.25) is 4.80 Å². The van der Waals surface area contributed by atoms with E-state index in [1.54, 1.807) is 24.8 Å². The van der Waals surface area contributed by atoms with E-state index in [1.165, 1.54) is 23.5 Å². The third-order valence-electron chi connectivity index (χ3n) is 4.17. The molecule has 3 rings (SSSR count). The average Bonchev–Trinajstić information content (AvgIpc) is 3.08. The lowest BCUT2D eigenvalue weighted by atomic mass is 10.1. The highest BCUT2D eigenvalue weighted by molar-refractivity contribution is 7.07. The van der Waals surface area contributed by atoms with E-state index in [0.29, 0.717) is 22.6 Å². The lowest BCUT2D eigenvalue weighted by Crippen LogP contribution is -2.15. The summed E-state index contributed by atoms with van der Waals surface area (Å²) in [5.74, 6) is 0.682. The van der Waals surface area contributed by atoms with E-state index in [2.05, 4.69) is 11.6 Å². The normalized spacial score (nSPS) is 12.2. The van der Waals surface area contributed by atoms with Crippen molar-refractivity contribution in [2.75, 3.05) is 13.7 Å². The Bertz CT molecular complexity index is 1140. The molecule has 0 saturated carbocycles. The van der Waals surface area contributed by atoms with Crippen molar-refractivity contribution in [3.05, 3.63) is 70.4 Å². The van der Waals surface area contributed by atoms with Crippen LogP contribution in [0, 0.1) is 0 Å². The number of thiazole rings is 1. The highest BCUT2D eigenvalue weighted by atomic mass is 32.1. The lowest BCUT2D eigenvalue weighted by Gasteiger charge is -2.10. The largest absolute Gasteiger partial charge is 0.508 e. The minimum Gasteiger partial charge on any atom is -0.508 e. The summed E-state index contributed by atoms with van der Waals surface area (Å²) < 4.78 is 7.26. The van der Waals surface area contributed by atoms with Crippen molar-refractivity contribution in [2.45, 2.75) is 13.8 Å². The second-order valence-electron chi connectivity index (χ2n) is 6.58. The molecule has 7 heteroatoms. The van der Waals surface area contributed by atoms with E-state index in [-0.39, 0.29) is 11.5 Å². The molecule has 1 aromatic heterocycles. The fourth-order valence-corrected chi connectivity index (χ4v) is 3.60. The van der Waals surface area contributed by atoms with E-state index >= 15 is 0 Å². The monoisotopic (exact) mass is 409 g/mol. The molecule has 0 fully saturated rings. The van der Waals surface area contributed by atoms with Gasteiger partial charge in [-0.05, 0) is 38.1 Å². The smallest absolute Gasteiger partial charge is 0.206 e. The van der Waals surface area contributed by atoms with Crippen molar-refractivity contribution in [3.63, 3.8) is 0 Å². The van der Waals surface area contributed by atoms with Gasteiger partial charge in [0, 0.05) is 22.6 Å². The molecule has 0 spiro atoms. The summed E-state index contributed by atoms with van der Waals surface area (Å²) in [5.41, 5.74) is 3.76. The standard InChI is InChI=1S/C22H23N3O3S/c1-14(2)12-23-22-25(24-15(3)17-10-9-16(26)11-20(17)27)19(13-29-22)18-7-5-6-8-21(18)28-4/h5-11,13,26-27H,1,12H2,2-4H3. The van der Waals surface area contributed by atoms with Gasteiger partial charge in [-0.2, -0.15) is 5.10 Å². The van der Waals surface area contributed by atoms with Gasteiger partial charge in [0.1, 0.15) is 17.2 Å². The number of ether oxygens (including phenoxy) is 1. The summed E-state index contributed by atoms with van der Waals surface area (Å²) in [6.07, 6.45) is 0. The third kappa shape index (κ3) is 4.57. The van der Waals surface area contributed by atoms with E-state index in [1.807, 2.05) is 36.6 Å². The lowest BCUT2D eigenvalue weighted by molar-refractivity contribution is 0.416. The molecule has 0 atom stereocenters. The molecule has 0 amide bonds. The van der Waals surface area contributed by atoms with Crippen molar-refractivity contribution in [3.8, 4) is 28.5 Å². The molecule has 0 saturated heterocycles. The maximum atomic E-state index is 10.2. The third-order valence-corrected chi connectivity index (χ3v) is 5.03. The number of hydrogen-bond donors (Lipinski definition) is 2. The zero-order valence-corrected chi connectivity index (χ0v) is 17.4. The zero-order valence-electron chi connectivity index (χ0n) is 16.6. The van der Waals surface area contributed by atoms with E-state index in [4.69, 9.17) is 9.84 Å². The van der Waals surface area contributed by atoms with Crippen LogP contribution in [0.15, 0.2) is 70.1 Å². The number of rotatable bonds is 6. The first-order chi connectivity index (χ1) is 13.9. The number of phenols is 2. The van der Waals surface area contributed by atoms with E-state index in [9.17, 15) is 10.2 Å². The van der Waals surface area contributed by atoms with Gasteiger partial charge in [0.25, 0.3) is 0 Å². The minimum absolute atomic E-state index is 0.00547. The quantitative estimate of drug-likeness (QED) is 0.468. The summed E-state index contributed by atoms with van der Waals surface area (Å²) in [4.78, 5) is 5.32. The van der Waals surface area contributed by atoms with Crippen molar-refractivity contribution in [2.24, 2.45) is 10.1 Å². The van der Waals surface area contributed by atoms with Gasteiger partial charge in [0.05, 0.1) is 25.1 Å². The Morgan fingerprint density at radius 1 is 1.17 bits per heavy atom. The van der Waals surface area contributed by atoms with Crippen LogP contribution < -0.4 is 9.54 Å². The van der Waals surface area contributed by atoms with Gasteiger partial charge in [-0.3, -0.25) is 4.99 Å². The first kappa shape index (κ1) is 20.4. The van der Waals surface area contributed by atoms with Crippen molar-refractivity contribution in [1.29, 1.82) is 0 Å². The molecule has 0 aliphatic rings. The number of hydrogen-bond acceptors (Lipinski definition) is 6. The Labute approximate surface area is 173 Å². The maximum absolute atomic E-state index is 10.2. The van der Waals surface area contributed by atoms with Gasteiger partial charge in [-0.15, -0.1) is 11.3 Å². The molecule has 0 bridgehead atoms. The number of phenolic OH excluding ortho intramolecular Hbond substituents is 2. The first-order valence-corrected chi connectivity index (χ1v) is 9.85. The highest BCUT2D eigenvalue weighted by Crippen LogP contribution is 2.30. The SMILES string of the molecule is C=C(C)CN=c1scc(-c2ccccc2OC)n1N=C(C)c1ccc(O)cc1O. The number of benzene rings is 2. The summed E-state index contributed by atoms with van der Waals surface area (Å²) >= 11 is 1.47. The Morgan fingerprint density at radius 3 is 2.62 bits per heavy atom. The van der Waals surface area contributed by atoms with Crippen LogP contribution in [0.4, 0.5) is 0 Å². The topological polar surface area (TPSA) is 79.3 Å².